The monoisotopic (exact) mass is 826 g/mol. The zero-order valence-electron chi connectivity index (χ0n) is 33.3. The Morgan fingerprint density at radius 2 is 1.85 bits per heavy atom. The van der Waals surface area contributed by atoms with Crippen LogP contribution in [0.2, 0.25) is 0 Å². The largest absolute Gasteiger partial charge is 0.486 e. The first-order chi connectivity index (χ1) is 29.6. The number of rotatable bonds is 13. The van der Waals surface area contributed by atoms with Crippen LogP contribution in [0.4, 0.5) is 0 Å². The molecule has 3 aliphatic heterocycles. The van der Waals surface area contributed by atoms with Crippen LogP contribution in [-0.4, -0.2) is 106 Å². The molecule has 3 aliphatic rings. The minimum Gasteiger partial charge on any atom is -0.486 e. The van der Waals surface area contributed by atoms with Gasteiger partial charge < -0.3 is 28.5 Å². The predicted molar refractivity (Wildman–Crippen MR) is 219 cm³/mol. The molecule has 7 heterocycles. The van der Waals surface area contributed by atoms with E-state index in [4.69, 9.17) is 14.5 Å². The standard InChI is InChI=1S/C43H42N10O8/c1-3-4-12-50-22-31(28-10-11-44-38(28)43(50)59)30-17-26(40(56)49-13-15-60-16-14-49)18-33-37(30)45-24-51(33)19-25(2)20-52-21-27(47-48-52)23-61-34-7-5-6-29-36(34)42(58)53(41(29)57)32-8-9-35(54)46-39(32)55/h3,5-7,10-11,17-18,21-22,24-25,32,44H,1,4,8-9,12-16,19-20,23H2,2H3,(H,46,54,55). The number of aromatic nitrogens is 7. The van der Waals surface area contributed by atoms with E-state index in [1.807, 2.05) is 29.0 Å². The molecule has 0 saturated carbocycles. The molecule has 6 aromatic rings. The second kappa shape index (κ2) is 16.1. The highest BCUT2D eigenvalue weighted by Crippen LogP contribution is 2.36. The van der Waals surface area contributed by atoms with Crippen molar-refractivity contribution in [2.24, 2.45) is 5.92 Å². The molecule has 5 amide bonds. The molecule has 18 heteroatoms. The fourth-order valence-electron chi connectivity index (χ4n) is 8.36. The van der Waals surface area contributed by atoms with Crippen molar-refractivity contribution < 1.29 is 33.4 Å². The van der Waals surface area contributed by atoms with Crippen LogP contribution in [0.25, 0.3) is 33.1 Å². The highest BCUT2D eigenvalue weighted by Gasteiger charge is 2.46. The Kier molecular flexibility index (Phi) is 10.4. The summed E-state index contributed by atoms with van der Waals surface area (Å²) in [5, 5.41) is 11.5. The lowest BCUT2D eigenvalue weighted by atomic mass is 9.98. The van der Waals surface area contributed by atoms with Gasteiger partial charge in [0.05, 0.1) is 47.9 Å². The Balaban J connectivity index is 0.945. The van der Waals surface area contributed by atoms with Gasteiger partial charge in [0.25, 0.3) is 23.3 Å². The maximum Gasteiger partial charge on any atom is 0.274 e. The lowest BCUT2D eigenvalue weighted by Gasteiger charge is -2.27. The summed E-state index contributed by atoms with van der Waals surface area (Å²) in [5.41, 5.74) is 4.45. The third-order valence-corrected chi connectivity index (χ3v) is 11.3. The summed E-state index contributed by atoms with van der Waals surface area (Å²) in [6, 6.07) is 9.21. The zero-order chi connectivity index (χ0) is 42.4. The maximum atomic E-state index is 14.0. The number of carbonyl (C=O) groups is 5. The molecule has 0 radical (unpaired) electrons. The molecule has 2 aromatic carbocycles. The van der Waals surface area contributed by atoms with E-state index < -0.39 is 29.7 Å². The Morgan fingerprint density at radius 1 is 1.02 bits per heavy atom. The highest BCUT2D eigenvalue weighted by molar-refractivity contribution is 6.24. The zero-order valence-corrected chi connectivity index (χ0v) is 33.3. The van der Waals surface area contributed by atoms with Crippen molar-refractivity contribution in [3.63, 3.8) is 0 Å². The Morgan fingerprint density at radius 3 is 2.66 bits per heavy atom. The number of ether oxygens (including phenoxy) is 2. The van der Waals surface area contributed by atoms with Crippen molar-refractivity contribution in [1.29, 1.82) is 0 Å². The van der Waals surface area contributed by atoms with Crippen molar-refractivity contribution in [2.45, 2.75) is 58.5 Å². The summed E-state index contributed by atoms with van der Waals surface area (Å²) in [4.78, 5) is 89.0. The molecule has 2 atom stereocenters. The molecule has 2 saturated heterocycles. The van der Waals surface area contributed by atoms with Crippen LogP contribution in [0.3, 0.4) is 0 Å². The number of benzene rings is 2. The van der Waals surface area contributed by atoms with Crippen LogP contribution in [-0.2, 0) is 40.6 Å². The first-order valence-corrected chi connectivity index (χ1v) is 20.1. The molecule has 2 fully saturated rings. The van der Waals surface area contributed by atoms with Gasteiger partial charge in [-0.3, -0.25) is 43.7 Å². The summed E-state index contributed by atoms with van der Waals surface area (Å²) in [6.07, 6.45) is 9.54. The Hall–Kier alpha value is -7.21. The SMILES string of the molecule is C=CCCn1cc(-c2cc(C(=O)N3CCOCC3)cc3c2ncn3CC(C)Cn2cc(COc3cccc4c3C(=O)N(C3CCC(=O)NC3=O)C4=O)nn2)c2cc[nH]c2c1=O. The van der Waals surface area contributed by atoms with Gasteiger partial charge in [0, 0.05) is 73.6 Å². The van der Waals surface area contributed by atoms with Crippen molar-refractivity contribution >= 4 is 51.5 Å². The molecule has 0 spiro atoms. The quantitative estimate of drug-likeness (QED) is 0.128. The van der Waals surface area contributed by atoms with Crippen LogP contribution >= 0.6 is 0 Å². The number of H-pyrrole nitrogens is 1. The van der Waals surface area contributed by atoms with Gasteiger partial charge in [-0.05, 0) is 49.1 Å². The molecular formula is C43H42N10O8. The summed E-state index contributed by atoms with van der Waals surface area (Å²) < 4.78 is 16.9. The number of nitrogens with zero attached hydrogens (tertiary/aromatic N) is 8. The number of hydrogen-bond donors (Lipinski definition) is 2. The molecular weight excluding hydrogens is 785 g/mol. The molecule has 2 N–H and O–H groups in total. The van der Waals surface area contributed by atoms with Crippen LogP contribution in [0.15, 0.2) is 78.8 Å². The van der Waals surface area contributed by atoms with Gasteiger partial charge in [0.1, 0.15) is 29.6 Å². The number of allylic oxidation sites excluding steroid dienone is 1. The van der Waals surface area contributed by atoms with E-state index in [2.05, 4.69) is 34.1 Å². The molecule has 4 aromatic heterocycles. The number of hydrogen-bond acceptors (Lipinski definition) is 11. The van der Waals surface area contributed by atoms with Gasteiger partial charge in [0.2, 0.25) is 11.8 Å². The molecule has 2 unspecified atom stereocenters. The number of aromatic amines is 1. The summed E-state index contributed by atoms with van der Waals surface area (Å²) in [5.74, 6) is -2.36. The number of aryl methyl sites for hydroxylation is 1. The predicted octanol–water partition coefficient (Wildman–Crippen LogP) is 3.30. The Bertz CT molecular complexity index is 2830. The van der Waals surface area contributed by atoms with Crippen molar-refractivity contribution in [3.05, 3.63) is 107 Å². The van der Waals surface area contributed by atoms with E-state index in [0.29, 0.717) is 74.6 Å². The minimum absolute atomic E-state index is 0.00592. The third-order valence-electron chi connectivity index (χ3n) is 11.3. The summed E-state index contributed by atoms with van der Waals surface area (Å²) in [7, 11) is 0. The number of imide groups is 2. The number of carbonyl (C=O) groups excluding carboxylic acids is 5. The molecule has 0 bridgehead atoms. The average Bonchev–Trinajstić information content (AvgIpc) is 4.07. The average molecular weight is 827 g/mol. The summed E-state index contributed by atoms with van der Waals surface area (Å²) >= 11 is 0. The fraction of sp³-hybridized carbons (Fsp3) is 0.326. The van der Waals surface area contributed by atoms with Crippen molar-refractivity contribution in [1.82, 2.24) is 49.2 Å². The van der Waals surface area contributed by atoms with E-state index in [1.54, 1.807) is 51.1 Å². The lowest BCUT2D eigenvalue weighted by Crippen LogP contribution is -2.54. The molecule has 0 aliphatic carbocycles. The van der Waals surface area contributed by atoms with Gasteiger partial charge in [0.15, 0.2) is 0 Å². The second-order valence-electron chi connectivity index (χ2n) is 15.5. The van der Waals surface area contributed by atoms with Crippen molar-refractivity contribution in [3.8, 4) is 16.9 Å². The number of piperidine rings is 1. The first-order valence-electron chi connectivity index (χ1n) is 20.1. The second-order valence-corrected chi connectivity index (χ2v) is 15.5. The van der Waals surface area contributed by atoms with Crippen LogP contribution in [0, 0.1) is 5.92 Å². The third kappa shape index (κ3) is 7.28. The molecule has 9 rings (SSSR count). The number of morpholine rings is 1. The molecule has 312 valence electrons. The number of pyridine rings is 1. The van der Waals surface area contributed by atoms with Gasteiger partial charge in [-0.25, -0.2) is 4.98 Å². The van der Waals surface area contributed by atoms with Crippen LogP contribution < -0.4 is 15.6 Å². The molecule has 61 heavy (non-hydrogen) atoms. The smallest absolute Gasteiger partial charge is 0.274 e. The summed E-state index contributed by atoms with van der Waals surface area (Å²) in [6.45, 7) is 9.17. The van der Waals surface area contributed by atoms with E-state index in [0.717, 1.165) is 26.9 Å². The van der Waals surface area contributed by atoms with Gasteiger partial charge >= 0.3 is 0 Å². The normalized spacial score (nSPS) is 17.3. The van der Waals surface area contributed by atoms with E-state index in [-0.39, 0.29) is 53.7 Å². The van der Waals surface area contributed by atoms with E-state index in [1.165, 1.54) is 6.07 Å². The van der Waals surface area contributed by atoms with Crippen LogP contribution in [0.5, 0.6) is 5.75 Å². The number of fused-ring (bicyclic) bond motifs is 3. The van der Waals surface area contributed by atoms with E-state index >= 15 is 0 Å². The van der Waals surface area contributed by atoms with Gasteiger partial charge in [-0.1, -0.05) is 24.3 Å². The Labute approximate surface area is 347 Å². The maximum absolute atomic E-state index is 14.0. The van der Waals surface area contributed by atoms with Gasteiger partial charge in [-0.15, -0.1) is 11.7 Å². The van der Waals surface area contributed by atoms with Crippen molar-refractivity contribution in [2.75, 3.05) is 26.3 Å². The minimum atomic E-state index is -1.09. The number of nitrogens with one attached hydrogen (secondary N) is 2. The highest BCUT2D eigenvalue weighted by atomic mass is 16.5. The molecule has 18 nitrogen and oxygen atoms in total. The number of amides is 5. The topological polar surface area (TPSA) is 209 Å². The van der Waals surface area contributed by atoms with E-state index in [9.17, 15) is 28.8 Å². The first kappa shape index (κ1) is 39.3. The number of imidazole rings is 1. The van der Waals surface area contributed by atoms with Crippen LogP contribution in [0.1, 0.15) is 63.0 Å². The lowest BCUT2D eigenvalue weighted by molar-refractivity contribution is -0.136. The fourth-order valence-corrected chi connectivity index (χ4v) is 8.36. The van der Waals surface area contributed by atoms with Gasteiger partial charge in [-0.2, -0.15) is 0 Å².